The van der Waals surface area contributed by atoms with Gasteiger partial charge in [-0.25, -0.2) is 14.2 Å². The van der Waals surface area contributed by atoms with Crippen LogP contribution in [0.25, 0.3) is 16.6 Å². The Balaban J connectivity index is 1.34. The lowest BCUT2D eigenvalue weighted by Crippen LogP contribution is -2.50. The highest BCUT2D eigenvalue weighted by molar-refractivity contribution is 6.13. The molecule has 0 radical (unpaired) electrons. The van der Waals surface area contributed by atoms with Gasteiger partial charge in [0.25, 0.3) is 5.91 Å². The van der Waals surface area contributed by atoms with Gasteiger partial charge in [0.15, 0.2) is 11.5 Å². The van der Waals surface area contributed by atoms with E-state index in [1.807, 2.05) is 33.0 Å². The average molecular weight is 566 g/mol. The number of nitrogens with one attached hydrogen (secondary N) is 1. The van der Waals surface area contributed by atoms with Crippen LogP contribution in [0.1, 0.15) is 49.7 Å². The Morgan fingerprint density at radius 3 is 2.61 bits per heavy atom. The van der Waals surface area contributed by atoms with E-state index in [4.69, 9.17) is 4.74 Å². The van der Waals surface area contributed by atoms with Gasteiger partial charge in [-0.1, -0.05) is 0 Å². The molecule has 1 fully saturated rings. The van der Waals surface area contributed by atoms with Gasteiger partial charge in [-0.15, -0.1) is 0 Å². The summed E-state index contributed by atoms with van der Waals surface area (Å²) in [7, 11) is 1.80. The smallest absolute Gasteiger partial charge is 0.410 e. The maximum absolute atomic E-state index is 14.6. The zero-order valence-corrected chi connectivity index (χ0v) is 24.0. The topological polar surface area (TPSA) is 117 Å². The van der Waals surface area contributed by atoms with Crippen LogP contribution in [-0.2, 0) is 11.8 Å². The molecule has 41 heavy (non-hydrogen) atoms. The van der Waals surface area contributed by atoms with E-state index in [1.165, 1.54) is 6.07 Å². The second-order valence-electron chi connectivity index (χ2n) is 11.5. The van der Waals surface area contributed by atoms with Crippen LogP contribution >= 0.6 is 0 Å². The van der Waals surface area contributed by atoms with Gasteiger partial charge in [-0.05, 0) is 52.7 Å². The number of aliphatic hydroxyl groups excluding tert-OH is 1. The van der Waals surface area contributed by atoms with Gasteiger partial charge < -0.3 is 29.4 Å². The SMILES string of the molecule is Cc1cn2cc(NC(=O)c3ccc(N4CCC(N(CCO)C(=O)OC(C)(C)C)CC4)c4cn(C)nc34)cc(F)c2n1. The number of carbonyl (C=O) groups is 2. The highest BCUT2D eigenvalue weighted by Gasteiger charge is 2.31. The predicted molar refractivity (Wildman–Crippen MR) is 154 cm³/mol. The number of aliphatic hydroxyl groups is 1. The summed E-state index contributed by atoms with van der Waals surface area (Å²) in [5.41, 5.74) is 2.42. The van der Waals surface area contributed by atoms with Crippen LogP contribution in [0.2, 0.25) is 0 Å². The second kappa shape index (κ2) is 11.0. The van der Waals surface area contributed by atoms with Crippen molar-refractivity contribution in [3.05, 3.63) is 53.9 Å². The number of rotatable bonds is 6. The van der Waals surface area contributed by atoms with E-state index >= 15 is 0 Å². The molecule has 218 valence electrons. The predicted octanol–water partition coefficient (Wildman–Crippen LogP) is 4.12. The number of hydrogen-bond acceptors (Lipinski definition) is 7. The fourth-order valence-electron chi connectivity index (χ4n) is 5.38. The third-order valence-electron chi connectivity index (χ3n) is 7.11. The van der Waals surface area contributed by atoms with Crippen molar-refractivity contribution in [1.29, 1.82) is 0 Å². The second-order valence-corrected chi connectivity index (χ2v) is 11.5. The maximum Gasteiger partial charge on any atom is 0.410 e. The standard InChI is InChI=1S/C29H36FN7O4/c1-18-15-36-16-19(14-23(30)26(36)31-18)32-27(39)21-6-7-24(22-17-34(5)33-25(21)22)35-10-8-20(9-11-35)37(12-13-38)28(40)41-29(2,3)4/h6-7,14-17,20,38H,8-13H2,1-5H3,(H,32,39). The first-order valence-electron chi connectivity index (χ1n) is 13.7. The molecule has 4 aromatic rings. The normalized spacial score (nSPS) is 14.6. The number of nitrogens with zero attached hydrogens (tertiary/aromatic N) is 6. The number of carbonyl (C=O) groups excluding carboxylic acids is 2. The molecule has 1 saturated heterocycles. The number of benzene rings is 1. The number of aromatic nitrogens is 4. The molecule has 2 N–H and O–H groups in total. The Labute approximate surface area is 237 Å². The van der Waals surface area contributed by atoms with Crippen LogP contribution in [0.15, 0.2) is 36.8 Å². The number of imidazole rings is 1. The highest BCUT2D eigenvalue weighted by atomic mass is 19.1. The highest BCUT2D eigenvalue weighted by Crippen LogP contribution is 2.32. The average Bonchev–Trinajstić information content (AvgIpc) is 3.47. The third-order valence-corrected chi connectivity index (χ3v) is 7.11. The minimum absolute atomic E-state index is 0.0558. The minimum Gasteiger partial charge on any atom is -0.444 e. The zero-order chi connectivity index (χ0) is 29.5. The van der Waals surface area contributed by atoms with Gasteiger partial charge in [0.05, 0.1) is 23.6 Å². The van der Waals surface area contributed by atoms with E-state index < -0.39 is 23.4 Å². The first-order valence-corrected chi connectivity index (χ1v) is 13.7. The lowest BCUT2D eigenvalue weighted by atomic mass is 10.0. The van der Waals surface area contributed by atoms with Crippen LogP contribution in [-0.4, -0.2) is 79.1 Å². The summed E-state index contributed by atoms with van der Waals surface area (Å²) in [6.45, 7) is 8.68. The van der Waals surface area contributed by atoms with Crippen molar-refractivity contribution in [1.82, 2.24) is 24.1 Å². The Bertz CT molecular complexity index is 1600. The molecule has 3 aromatic heterocycles. The Kier molecular flexibility index (Phi) is 7.60. The van der Waals surface area contributed by atoms with E-state index in [-0.39, 0.29) is 24.8 Å². The Morgan fingerprint density at radius 2 is 1.93 bits per heavy atom. The molecule has 0 atom stereocenters. The number of halogens is 1. The molecule has 0 spiro atoms. The molecule has 2 amide bonds. The summed E-state index contributed by atoms with van der Waals surface area (Å²) < 4.78 is 23.4. The molecule has 0 aliphatic carbocycles. The van der Waals surface area contributed by atoms with Gasteiger partial charge in [0.1, 0.15) is 11.1 Å². The Morgan fingerprint density at radius 1 is 1.20 bits per heavy atom. The van der Waals surface area contributed by atoms with Crippen LogP contribution in [0.4, 0.5) is 20.6 Å². The van der Waals surface area contributed by atoms with Crippen molar-refractivity contribution in [2.75, 3.05) is 36.5 Å². The number of pyridine rings is 1. The first-order chi connectivity index (χ1) is 19.4. The van der Waals surface area contributed by atoms with E-state index in [1.54, 1.807) is 46.4 Å². The molecule has 4 heterocycles. The van der Waals surface area contributed by atoms with Crippen molar-refractivity contribution >= 4 is 39.9 Å². The number of piperidine rings is 1. The molecule has 1 aromatic carbocycles. The summed E-state index contributed by atoms with van der Waals surface area (Å²) in [6.07, 6.45) is 6.18. The number of anilines is 2. The molecule has 0 saturated carbocycles. The molecule has 1 aliphatic rings. The van der Waals surface area contributed by atoms with E-state index in [0.29, 0.717) is 48.4 Å². The third kappa shape index (κ3) is 5.97. The van der Waals surface area contributed by atoms with Gasteiger partial charge in [-0.2, -0.15) is 5.10 Å². The molecule has 0 unspecified atom stereocenters. The number of amides is 2. The van der Waals surface area contributed by atoms with Crippen molar-refractivity contribution < 1.29 is 23.8 Å². The minimum atomic E-state index is -0.620. The van der Waals surface area contributed by atoms with Crippen LogP contribution in [0.5, 0.6) is 0 Å². The van der Waals surface area contributed by atoms with Gasteiger partial charge in [0.2, 0.25) is 0 Å². The van der Waals surface area contributed by atoms with Crippen LogP contribution in [0.3, 0.4) is 0 Å². The molecular formula is C29H36FN7O4. The fourth-order valence-corrected chi connectivity index (χ4v) is 5.38. The summed E-state index contributed by atoms with van der Waals surface area (Å²) >= 11 is 0. The van der Waals surface area contributed by atoms with Crippen molar-refractivity contribution in [2.24, 2.45) is 7.05 Å². The lowest BCUT2D eigenvalue weighted by molar-refractivity contribution is 0.00970. The first kappa shape index (κ1) is 28.3. The van der Waals surface area contributed by atoms with Crippen molar-refractivity contribution in [3.8, 4) is 0 Å². The quantitative estimate of drug-likeness (QED) is 0.361. The number of hydrogen-bond donors (Lipinski definition) is 2. The molecule has 5 rings (SSSR count). The molecule has 0 bridgehead atoms. The van der Waals surface area contributed by atoms with Crippen molar-refractivity contribution in [3.63, 3.8) is 0 Å². The summed E-state index contributed by atoms with van der Waals surface area (Å²) in [6, 6.07) is 4.84. The van der Waals surface area contributed by atoms with Crippen LogP contribution in [0, 0.1) is 12.7 Å². The lowest BCUT2D eigenvalue weighted by Gasteiger charge is -2.39. The van der Waals surface area contributed by atoms with Crippen LogP contribution < -0.4 is 10.2 Å². The maximum atomic E-state index is 14.6. The van der Waals surface area contributed by atoms with E-state index in [9.17, 15) is 19.1 Å². The zero-order valence-electron chi connectivity index (χ0n) is 24.0. The number of ether oxygens (including phenoxy) is 1. The number of aryl methyl sites for hydroxylation is 2. The molecule has 12 heteroatoms. The molecular weight excluding hydrogens is 529 g/mol. The Hall–Kier alpha value is -4.19. The van der Waals surface area contributed by atoms with Gasteiger partial charge in [0, 0.05) is 68.5 Å². The van der Waals surface area contributed by atoms with Crippen molar-refractivity contribution in [2.45, 2.75) is 52.2 Å². The van der Waals surface area contributed by atoms with Gasteiger partial charge >= 0.3 is 6.09 Å². The largest absolute Gasteiger partial charge is 0.444 e. The van der Waals surface area contributed by atoms with E-state index in [0.717, 1.165) is 11.1 Å². The van der Waals surface area contributed by atoms with E-state index in [2.05, 4.69) is 20.3 Å². The van der Waals surface area contributed by atoms with Gasteiger partial charge in [-0.3, -0.25) is 9.48 Å². The molecule has 1 aliphatic heterocycles. The summed E-state index contributed by atoms with van der Waals surface area (Å²) in [5, 5.41) is 17.8. The monoisotopic (exact) mass is 565 g/mol. The summed E-state index contributed by atoms with van der Waals surface area (Å²) in [5.74, 6) is -0.923. The number of fused-ring (bicyclic) bond motifs is 2. The molecule has 11 nitrogen and oxygen atoms in total. The fraction of sp³-hybridized carbons (Fsp3) is 0.448. The summed E-state index contributed by atoms with van der Waals surface area (Å²) in [4.78, 5) is 34.1.